The van der Waals surface area contributed by atoms with Crippen molar-refractivity contribution in [1.29, 1.82) is 0 Å². The van der Waals surface area contributed by atoms with E-state index >= 15 is 0 Å². The molecule has 4 atom stereocenters. The Hall–Kier alpha value is -4.17. The quantitative estimate of drug-likeness (QED) is 0.320. The van der Waals surface area contributed by atoms with E-state index in [0.717, 1.165) is 9.37 Å². The minimum atomic E-state index is -1.05. The Bertz CT molecular complexity index is 1550. The molecular formula is C30H20BrFN2O4. The van der Waals surface area contributed by atoms with Crippen molar-refractivity contribution in [3.05, 3.63) is 124 Å². The number of carbonyl (C=O) groups is 4. The number of rotatable bonds is 5. The number of anilines is 1. The third kappa shape index (κ3) is 3.75. The number of imide groups is 1. The van der Waals surface area contributed by atoms with Crippen LogP contribution in [0.4, 0.5) is 10.1 Å². The molecule has 8 heteroatoms. The largest absolute Gasteiger partial charge is 0.359 e. The number of benzene rings is 3. The highest BCUT2D eigenvalue weighted by atomic mass is 79.9. The highest BCUT2D eigenvalue weighted by Gasteiger charge is 2.63. The van der Waals surface area contributed by atoms with E-state index in [0.29, 0.717) is 16.7 Å². The summed E-state index contributed by atoms with van der Waals surface area (Å²) in [5.41, 5.74) is 1.08. The standard InChI is InChI=1S/C30H20BrFN2O4/c31-20-12-10-18(11-13-20)28(36)26-25-24(29(37)34(30(25)38)22-9-5-4-8-21(22)32)23-16-19(14-15-33(23)26)27(35)17-6-2-1-3-7-17/h1-16,23-26H/t23-,24-,25+,26-/m1/s1. The van der Waals surface area contributed by atoms with Gasteiger partial charge in [-0.1, -0.05) is 76.6 Å². The van der Waals surface area contributed by atoms with Crippen LogP contribution in [0.1, 0.15) is 20.7 Å². The highest BCUT2D eigenvalue weighted by Crippen LogP contribution is 2.47. The zero-order valence-electron chi connectivity index (χ0n) is 19.8. The molecule has 188 valence electrons. The summed E-state index contributed by atoms with van der Waals surface area (Å²) in [6.45, 7) is 0. The van der Waals surface area contributed by atoms with Gasteiger partial charge in [-0.3, -0.25) is 19.2 Å². The van der Waals surface area contributed by atoms with Gasteiger partial charge in [0.15, 0.2) is 11.6 Å². The maximum atomic E-state index is 14.7. The van der Waals surface area contributed by atoms with Gasteiger partial charge in [-0.25, -0.2) is 9.29 Å². The van der Waals surface area contributed by atoms with Crippen molar-refractivity contribution in [3.8, 4) is 0 Å². The lowest BCUT2D eigenvalue weighted by Crippen LogP contribution is -2.46. The Morgan fingerprint density at radius 3 is 2.16 bits per heavy atom. The number of fused-ring (bicyclic) bond motifs is 3. The van der Waals surface area contributed by atoms with Gasteiger partial charge in [-0.2, -0.15) is 0 Å². The lowest BCUT2D eigenvalue weighted by molar-refractivity contribution is -0.123. The van der Waals surface area contributed by atoms with Gasteiger partial charge in [0, 0.05) is 27.4 Å². The molecule has 3 aromatic rings. The molecule has 0 aliphatic carbocycles. The SMILES string of the molecule is O=C(C1=C[C@@H]2[C@H]3C(=O)N(c4ccccc4F)C(=O)[C@@H]3[C@H](C(=O)c3ccc(Br)cc3)N2C=C1)c1ccccc1. The fraction of sp³-hybridized carbons (Fsp3) is 0.133. The summed E-state index contributed by atoms with van der Waals surface area (Å²) >= 11 is 3.36. The Labute approximate surface area is 226 Å². The third-order valence-electron chi connectivity index (χ3n) is 7.34. The molecule has 2 fully saturated rings. The van der Waals surface area contributed by atoms with Gasteiger partial charge in [-0.15, -0.1) is 0 Å². The molecule has 0 N–H and O–H groups in total. The Morgan fingerprint density at radius 1 is 0.789 bits per heavy atom. The van der Waals surface area contributed by atoms with Crippen molar-refractivity contribution in [3.63, 3.8) is 0 Å². The van der Waals surface area contributed by atoms with Crippen molar-refractivity contribution >= 4 is 45.0 Å². The number of carbonyl (C=O) groups excluding carboxylic acids is 4. The van der Waals surface area contributed by atoms with E-state index in [9.17, 15) is 23.6 Å². The van der Waals surface area contributed by atoms with Crippen molar-refractivity contribution in [2.75, 3.05) is 4.90 Å². The van der Waals surface area contributed by atoms with Gasteiger partial charge in [0.05, 0.1) is 23.6 Å². The van der Waals surface area contributed by atoms with E-state index in [2.05, 4.69) is 15.9 Å². The Morgan fingerprint density at radius 2 is 1.45 bits per heavy atom. The molecule has 2 amide bonds. The van der Waals surface area contributed by atoms with Gasteiger partial charge in [0.25, 0.3) is 0 Å². The minimum Gasteiger partial charge on any atom is -0.359 e. The maximum Gasteiger partial charge on any atom is 0.240 e. The average Bonchev–Trinajstić information content (AvgIpc) is 3.41. The van der Waals surface area contributed by atoms with Crippen LogP contribution in [0.15, 0.2) is 107 Å². The van der Waals surface area contributed by atoms with Crippen LogP contribution in [0.25, 0.3) is 0 Å². The van der Waals surface area contributed by atoms with Crippen LogP contribution < -0.4 is 4.90 Å². The molecule has 3 aliphatic rings. The molecule has 3 aliphatic heterocycles. The molecule has 2 saturated heterocycles. The first-order valence-corrected chi connectivity index (χ1v) is 12.9. The molecule has 6 nitrogen and oxygen atoms in total. The van der Waals surface area contributed by atoms with Gasteiger partial charge < -0.3 is 4.90 Å². The maximum absolute atomic E-state index is 14.7. The number of Topliss-reactive ketones (excluding diaryl/α,β-unsaturated/α-hetero) is 2. The topological polar surface area (TPSA) is 74.8 Å². The molecule has 0 unspecified atom stereocenters. The summed E-state index contributed by atoms with van der Waals surface area (Å²) in [7, 11) is 0. The average molecular weight is 571 g/mol. The number of hydrogen-bond acceptors (Lipinski definition) is 5. The molecule has 0 spiro atoms. The predicted octanol–water partition coefficient (Wildman–Crippen LogP) is 4.97. The van der Waals surface area contributed by atoms with Crippen LogP contribution in [-0.4, -0.2) is 40.4 Å². The van der Waals surface area contributed by atoms with E-state index in [4.69, 9.17) is 0 Å². The predicted molar refractivity (Wildman–Crippen MR) is 142 cm³/mol. The second kappa shape index (κ2) is 9.29. The number of hydrogen-bond donors (Lipinski definition) is 0. The number of para-hydroxylation sites is 1. The Kier molecular flexibility index (Phi) is 5.91. The summed E-state index contributed by atoms with van der Waals surface area (Å²) in [4.78, 5) is 57.1. The van der Waals surface area contributed by atoms with E-state index < -0.39 is 41.6 Å². The lowest BCUT2D eigenvalue weighted by Gasteiger charge is -2.32. The number of halogens is 2. The van der Waals surface area contributed by atoms with Gasteiger partial charge in [0.1, 0.15) is 11.9 Å². The lowest BCUT2D eigenvalue weighted by atomic mass is 9.85. The first-order chi connectivity index (χ1) is 18.4. The van der Waals surface area contributed by atoms with E-state index in [1.807, 2.05) is 6.07 Å². The zero-order valence-corrected chi connectivity index (χ0v) is 21.4. The van der Waals surface area contributed by atoms with Gasteiger partial charge in [0.2, 0.25) is 11.8 Å². The van der Waals surface area contributed by atoms with Crippen molar-refractivity contribution in [1.82, 2.24) is 4.90 Å². The first kappa shape index (κ1) is 24.2. The van der Waals surface area contributed by atoms with Crippen LogP contribution in [0, 0.1) is 17.7 Å². The summed E-state index contributed by atoms with van der Waals surface area (Å²) in [5, 5.41) is 0. The molecule has 38 heavy (non-hydrogen) atoms. The Balaban J connectivity index is 1.44. The van der Waals surface area contributed by atoms with Crippen LogP contribution in [0.3, 0.4) is 0 Å². The zero-order chi connectivity index (χ0) is 26.6. The van der Waals surface area contributed by atoms with E-state index in [1.165, 1.54) is 18.2 Å². The van der Waals surface area contributed by atoms with Crippen molar-refractivity contribution in [2.24, 2.45) is 11.8 Å². The van der Waals surface area contributed by atoms with Crippen LogP contribution >= 0.6 is 15.9 Å². The number of ketones is 2. The van der Waals surface area contributed by atoms with E-state index in [1.54, 1.807) is 77.8 Å². The van der Waals surface area contributed by atoms with Crippen LogP contribution in [0.2, 0.25) is 0 Å². The molecule has 0 radical (unpaired) electrons. The molecule has 3 aromatic carbocycles. The smallest absolute Gasteiger partial charge is 0.240 e. The molecule has 0 bridgehead atoms. The summed E-state index contributed by atoms with van der Waals surface area (Å²) in [6, 6.07) is 19.3. The monoisotopic (exact) mass is 570 g/mol. The highest BCUT2D eigenvalue weighted by molar-refractivity contribution is 9.10. The first-order valence-electron chi connectivity index (χ1n) is 12.1. The third-order valence-corrected chi connectivity index (χ3v) is 7.87. The van der Waals surface area contributed by atoms with Crippen LogP contribution in [-0.2, 0) is 9.59 Å². The molecule has 0 aromatic heterocycles. The molecule has 3 heterocycles. The van der Waals surface area contributed by atoms with Crippen LogP contribution in [0.5, 0.6) is 0 Å². The fourth-order valence-corrected chi connectivity index (χ4v) is 5.87. The molecular weight excluding hydrogens is 551 g/mol. The van der Waals surface area contributed by atoms with Crippen molar-refractivity contribution < 1.29 is 23.6 Å². The summed E-state index contributed by atoms with van der Waals surface area (Å²) < 4.78 is 15.5. The second-order valence-corrected chi connectivity index (χ2v) is 10.3. The number of amides is 2. The normalized spacial score (nSPS) is 23.8. The minimum absolute atomic E-state index is 0.144. The van der Waals surface area contributed by atoms with Gasteiger partial charge in [-0.05, 0) is 30.3 Å². The van der Waals surface area contributed by atoms with Gasteiger partial charge >= 0.3 is 0 Å². The summed E-state index contributed by atoms with van der Waals surface area (Å²) in [6.07, 6.45) is 4.88. The van der Waals surface area contributed by atoms with Crippen molar-refractivity contribution in [2.45, 2.75) is 12.1 Å². The molecule has 6 rings (SSSR count). The molecule has 0 saturated carbocycles. The number of nitrogens with zero attached hydrogens (tertiary/aromatic N) is 2. The van der Waals surface area contributed by atoms with E-state index in [-0.39, 0.29) is 17.3 Å². The second-order valence-electron chi connectivity index (χ2n) is 9.40. The fourth-order valence-electron chi connectivity index (χ4n) is 5.61. The summed E-state index contributed by atoms with van der Waals surface area (Å²) in [5.74, 6) is -4.51. The number of allylic oxidation sites excluding steroid dienone is 2.